The molecule has 0 atom stereocenters. The summed E-state index contributed by atoms with van der Waals surface area (Å²) >= 11 is 5.99. The SMILES string of the molecule is Nc1cccc(Cl)c1COC(=O)c1ccccc1. The smallest absolute Gasteiger partial charge is 0.338 e. The van der Waals surface area contributed by atoms with E-state index in [2.05, 4.69) is 0 Å². The predicted octanol–water partition coefficient (Wildman–Crippen LogP) is 3.28. The fourth-order valence-corrected chi connectivity index (χ4v) is 1.76. The molecule has 2 N–H and O–H groups in total. The minimum Gasteiger partial charge on any atom is -0.457 e. The van der Waals surface area contributed by atoms with E-state index in [1.54, 1.807) is 42.5 Å². The number of anilines is 1. The quantitative estimate of drug-likeness (QED) is 0.681. The summed E-state index contributed by atoms with van der Waals surface area (Å²) in [6.07, 6.45) is 0. The number of benzene rings is 2. The van der Waals surface area contributed by atoms with Crippen molar-refractivity contribution in [1.29, 1.82) is 0 Å². The van der Waals surface area contributed by atoms with Gasteiger partial charge in [-0.05, 0) is 24.3 Å². The number of esters is 1. The van der Waals surface area contributed by atoms with Gasteiger partial charge in [0.05, 0.1) is 5.56 Å². The number of hydrogen-bond acceptors (Lipinski definition) is 3. The van der Waals surface area contributed by atoms with Crippen molar-refractivity contribution >= 4 is 23.3 Å². The number of carbonyl (C=O) groups excluding carboxylic acids is 1. The summed E-state index contributed by atoms with van der Waals surface area (Å²) in [5, 5.41) is 0.496. The molecule has 0 aliphatic carbocycles. The van der Waals surface area contributed by atoms with Crippen LogP contribution in [0.15, 0.2) is 48.5 Å². The predicted molar refractivity (Wildman–Crippen MR) is 71.4 cm³/mol. The zero-order valence-electron chi connectivity index (χ0n) is 9.60. The molecule has 0 aromatic heterocycles. The fourth-order valence-electron chi connectivity index (χ4n) is 1.52. The van der Waals surface area contributed by atoms with Crippen molar-refractivity contribution in [2.24, 2.45) is 0 Å². The van der Waals surface area contributed by atoms with Crippen LogP contribution in [0.3, 0.4) is 0 Å². The van der Waals surface area contributed by atoms with E-state index in [4.69, 9.17) is 22.1 Å². The van der Waals surface area contributed by atoms with Gasteiger partial charge in [0.1, 0.15) is 6.61 Å². The van der Waals surface area contributed by atoms with E-state index < -0.39 is 5.97 Å². The third kappa shape index (κ3) is 2.81. The van der Waals surface area contributed by atoms with Crippen LogP contribution in [-0.4, -0.2) is 5.97 Å². The number of ether oxygens (including phenoxy) is 1. The fraction of sp³-hybridized carbons (Fsp3) is 0.0714. The summed E-state index contributed by atoms with van der Waals surface area (Å²) < 4.78 is 5.17. The molecule has 3 nitrogen and oxygen atoms in total. The van der Waals surface area contributed by atoms with Crippen molar-refractivity contribution in [3.8, 4) is 0 Å². The van der Waals surface area contributed by atoms with Crippen LogP contribution in [-0.2, 0) is 11.3 Å². The molecular weight excluding hydrogens is 250 g/mol. The Bertz CT molecular complexity index is 535. The van der Waals surface area contributed by atoms with E-state index in [-0.39, 0.29) is 6.61 Å². The second-order valence-corrected chi connectivity index (χ2v) is 4.16. The first kappa shape index (κ1) is 12.5. The first-order valence-corrected chi connectivity index (χ1v) is 5.81. The number of rotatable bonds is 3. The largest absolute Gasteiger partial charge is 0.457 e. The van der Waals surface area contributed by atoms with Crippen molar-refractivity contribution in [3.05, 3.63) is 64.7 Å². The van der Waals surface area contributed by atoms with Crippen LogP contribution in [0.2, 0.25) is 5.02 Å². The molecular formula is C14H12ClNO2. The van der Waals surface area contributed by atoms with Crippen LogP contribution in [0.25, 0.3) is 0 Å². The van der Waals surface area contributed by atoms with Gasteiger partial charge >= 0.3 is 5.97 Å². The molecule has 0 bridgehead atoms. The topological polar surface area (TPSA) is 52.3 Å². The van der Waals surface area contributed by atoms with E-state index in [1.807, 2.05) is 6.07 Å². The number of halogens is 1. The Labute approximate surface area is 110 Å². The lowest BCUT2D eigenvalue weighted by Crippen LogP contribution is -2.06. The van der Waals surface area contributed by atoms with E-state index >= 15 is 0 Å². The van der Waals surface area contributed by atoms with Crippen molar-refractivity contribution in [3.63, 3.8) is 0 Å². The van der Waals surface area contributed by atoms with Gasteiger partial charge in [0.2, 0.25) is 0 Å². The molecule has 0 aliphatic heterocycles. The number of nitrogen functional groups attached to an aromatic ring is 1. The Morgan fingerprint density at radius 3 is 2.50 bits per heavy atom. The van der Waals surface area contributed by atoms with E-state index in [1.165, 1.54) is 0 Å². The molecule has 2 aromatic rings. The van der Waals surface area contributed by atoms with Gasteiger partial charge in [0, 0.05) is 16.3 Å². The number of nitrogens with two attached hydrogens (primary N) is 1. The Hall–Kier alpha value is -2.00. The Kier molecular flexibility index (Phi) is 3.85. The lowest BCUT2D eigenvalue weighted by atomic mass is 10.2. The van der Waals surface area contributed by atoms with Crippen molar-refractivity contribution in [2.75, 3.05) is 5.73 Å². The van der Waals surface area contributed by atoms with Gasteiger partial charge in [0.25, 0.3) is 0 Å². The molecule has 0 fully saturated rings. The zero-order chi connectivity index (χ0) is 13.0. The molecule has 0 saturated carbocycles. The molecule has 92 valence electrons. The van der Waals surface area contributed by atoms with E-state index in [0.29, 0.717) is 21.8 Å². The maximum atomic E-state index is 11.7. The Balaban J connectivity index is 2.07. The summed E-state index contributed by atoms with van der Waals surface area (Å²) in [5.41, 5.74) is 7.42. The molecule has 0 amide bonds. The van der Waals surface area contributed by atoms with Gasteiger partial charge in [-0.15, -0.1) is 0 Å². The third-order valence-electron chi connectivity index (χ3n) is 2.51. The summed E-state index contributed by atoms with van der Waals surface area (Å²) in [5.74, 6) is -0.394. The second-order valence-electron chi connectivity index (χ2n) is 3.75. The molecule has 0 heterocycles. The molecule has 0 aliphatic rings. The maximum Gasteiger partial charge on any atom is 0.338 e. The van der Waals surface area contributed by atoms with Gasteiger partial charge in [-0.2, -0.15) is 0 Å². The van der Waals surface area contributed by atoms with Crippen LogP contribution in [0.4, 0.5) is 5.69 Å². The maximum absolute atomic E-state index is 11.7. The van der Waals surface area contributed by atoms with Crippen molar-refractivity contribution in [1.82, 2.24) is 0 Å². The highest BCUT2D eigenvalue weighted by molar-refractivity contribution is 6.31. The normalized spacial score (nSPS) is 10.1. The van der Waals surface area contributed by atoms with Crippen LogP contribution in [0, 0.1) is 0 Å². The van der Waals surface area contributed by atoms with Gasteiger partial charge < -0.3 is 10.5 Å². The highest BCUT2D eigenvalue weighted by atomic mass is 35.5. The van der Waals surface area contributed by atoms with E-state index in [0.717, 1.165) is 0 Å². The molecule has 4 heteroatoms. The summed E-state index contributed by atoms with van der Waals surface area (Å²) in [6, 6.07) is 14.0. The average molecular weight is 262 g/mol. The van der Waals surface area contributed by atoms with Crippen LogP contribution < -0.4 is 5.73 Å². The summed E-state index contributed by atoms with van der Waals surface area (Å²) in [4.78, 5) is 11.7. The number of hydrogen-bond donors (Lipinski definition) is 1. The first-order valence-electron chi connectivity index (χ1n) is 5.43. The molecule has 0 radical (unpaired) electrons. The molecule has 2 rings (SSSR count). The lowest BCUT2D eigenvalue weighted by molar-refractivity contribution is 0.0474. The number of carbonyl (C=O) groups is 1. The minimum absolute atomic E-state index is 0.0687. The van der Waals surface area contributed by atoms with Gasteiger partial charge in [0.15, 0.2) is 0 Å². The lowest BCUT2D eigenvalue weighted by Gasteiger charge is -2.09. The monoisotopic (exact) mass is 261 g/mol. The first-order chi connectivity index (χ1) is 8.68. The highest BCUT2D eigenvalue weighted by Crippen LogP contribution is 2.23. The van der Waals surface area contributed by atoms with E-state index in [9.17, 15) is 4.79 Å². The molecule has 0 spiro atoms. The summed E-state index contributed by atoms with van der Waals surface area (Å²) in [6.45, 7) is 0.0687. The molecule has 2 aromatic carbocycles. The van der Waals surface area contributed by atoms with Crippen LogP contribution >= 0.6 is 11.6 Å². The van der Waals surface area contributed by atoms with Crippen molar-refractivity contribution in [2.45, 2.75) is 6.61 Å². The standard InChI is InChI=1S/C14H12ClNO2/c15-12-7-4-8-13(16)11(12)9-18-14(17)10-5-2-1-3-6-10/h1-8H,9,16H2. The Morgan fingerprint density at radius 2 is 1.83 bits per heavy atom. The van der Waals surface area contributed by atoms with Crippen LogP contribution in [0.1, 0.15) is 15.9 Å². The Morgan fingerprint density at radius 1 is 1.11 bits per heavy atom. The van der Waals surface area contributed by atoms with Gasteiger partial charge in [-0.3, -0.25) is 0 Å². The zero-order valence-corrected chi connectivity index (χ0v) is 10.4. The molecule has 18 heavy (non-hydrogen) atoms. The van der Waals surface area contributed by atoms with Crippen LogP contribution in [0.5, 0.6) is 0 Å². The second kappa shape index (κ2) is 5.56. The van der Waals surface area contributed by atoms with Crippen molar-refractivity contribution < 1.29 is 9.53 Å². The van der Waals surface area contributed by atoms with Gasteiger partial charge in [-0.1, -0.05) is 35.9 Å². The molecule has 0 saturated heterocycles. The highest BCUT2D eigenvalue weighted by Gasteiger charge is 2.09. The molecule has 0 unspecified atom stereocenters. The van der Waals surface area contributed by atoms with Gasteiger partial charge in [-0.25, -0.2) is 4.79 Å². The average Bonchev–Trinajstić information content (AvgIpc) is 2.39. The summed E-state index contributed by atoms with van der Waals surface area (Å²) in [7, 11) is 0. The minimum atomic E-state index is -0.394. The third-order valence-corrected chi connectivity index (χ3v) is 2.87.